The van der Waals surface area contributed by atoms with Crippen LogP contribution in [0, 0.1) is 6.92 Å². The first kappa shape index (κ1) is 12.2. The number of amides is 1. The highest BCUT2D eigenvalue weighted by Crippen LogP contribution is 2.09. The van der Waals surface area contributed by atoms with Crippen LogP contribution in [0.2, 0.25) is 0 Å². The van der Waals surface area contributed by atoms with Crippen molar-refractivity contribution in [3.63, 3.8) is 0 Å². The summed E-state index contributed by atoms with van der Waals surface area (Å²) in [7, 11) is 0. The maximum atomic E-state index is 11.3. The lowest BCUT2D eigenvalue weighted by Gasteiger charge is -2.07. The van der Waals surface area contributed by atoms with Gasteiger partial charge < -0.3 is 10.6 Å². The maximum Gasteiger partial charge on any atom is 0.271 e. The number of oxime groups is 1. The molecule has 4 nitrogen and oxygen atoms in total. The van der Waals surface area contributed by atoms with Gasteiger partial charge >= 0.3 is 0 Å². The predicted octanol–water partition coefficient (Wildman–Crippen LogP) is 1.61. The second-order valence-electron chi connectivity index (χ2n) is 3.77. The van der Waals surface area contributed by atoms with Crippen LogP contribution >= 0.6 is 0 Å². The highest BCUT2D eigenvalue weighted by molar-refractivity contribution is 6.45. The van der Waals surface area contributed by atoms with Crippen LogP contribution in [0.1, 0.15) is 25.0 Å². The largest absolute Gasteiger partial charge is 0.392 e. The van der Waals surface area contributed by atoms with Gasteiger partial charge in [0.25, 0.3) is 5.91 Å². The molecule has 1 rings (SSSR count). The zero-order chi connectivity index (χ0) is 12.1. The van der Waals surface area contributed by atoms with E-state index in [-0.39, 0.29) is 11.8 Å². The highest BCUT2D eigenvalue weighted by Gasteiger charge is 2.13. The van der Waals surface area contributed by atoms with E-state index in [2.05, 4.69) is 5.16 Å². The summed E-state index contributed by atoms with van der Waals surface area (Å²) in [6.07, 6.45) is -0.0848. The zero-order valence-corrected chi connectivity index (χ0v) is 9.73. The van der Waals surface area contributed by atoms with Crippen molar-refractivity contribution in [1.82, 2.24) is 0 Å². The zero-order valence-electron chi connectivity index (χ0n) is 9.73. The number of primary amides is 1. The van der Waals surface area contributed by atoms with Crippen LogP contribution in [0.25, 0.3) is 0 Å². The number of rotatable bonds is 4. The molecule has 1 amide bonds. The summed E-state index contributed by atoms with van der Waals surface area (Å²) in [5.41, 5.74) is 7.07. The monoisotopic (exact) mass is 220 g/mol. The Morgan fingerprint density at radius 2 is 2.00 bits per heavy atom. The van der Waals surface area contributed by atoms with Crippen molar-refractivity contribution in [3.05, 3.63) is 35.4 Å². The average molecular weight is 220 g/mol. The van der Waals surface area contributed by atoms with Gasteiger partial charge in [-0.1, -0.05) is 29.4 Å². The molecular formula is C12H16N2O2. The first-order valence-corrected chi connectivity index (χ1v) is 5.12. The SMILES string of the molecule is Cc1ccccc1/C(=N/OC(C)C)C(N)=O. The summed E-state index contributed by atoms with van der Waals surface area (Å²) in [5, 5.41) is 3.80. The number of hydrogen-bond donors (Lipinski definition) is 1. The molecule has 0 radical (unpaired) electrons. The van der Waals surface area contributed by atoms with E-state index in [1.807, 2.05) is 39.0 Å². The van der Waals surface area contributed by atoms with Gasteiger partial charge in [0, 0.05) is 5.56 Å². The highest BCUT2D eigenvalue weighted by atomic mass is 16.6. The first-order chi connectivity index (χ1) is 7.52. The molecule has 2 N–H and O–H groups in total. The number of benzene rings is 1. The Balaban J connectivity index is 3.08. The van der Waals surface area contributed by atoms with Crippen molar-refractivity contribution in [2.45, 2.75) is 26.9 Å². The predicted molar refractivity (Wildman–Crippen MR) is 63.1 cm³/mol. The average Bonchev–Trinajstić information content (AvgIpc) is 2.20. The number of carbonyl (C=O) groups excluding carboxylic acids is 1. The topological polar surface area (TPSA) is 64.7 Å². The Hall–Kier alpha value is -1.84. The minimum absolute atomic E-state index is 0.0848. The van der Waals surface area contributed by atoms with Gasteiger partial charge in [-0.3, -0.25) is 4.79 Å². The third-order valence-corrected chi connectivity index (χ3v) is 1.99. The molecule has 0 aliphatic heterocycles. The van der Waals surface area contributed by atoms with E-state index in [0.29, 0.717) is 5.56 Å². The molecule has 0 heterocycles. The number of aryl methyl sites for hydroxylation is 1. The van der Waals surface area contributed by atoms with Crippen LogP contribution in [-0.2, 0) is 9.63 Å². The molecule has 4 heteroatoms. The van der Waals surface area contributed by atoms with Gasteiger partial charge in [-0.15, -0.1) is 0 Å². The number of nitrogens with zero attached hydrogens (tertiary/aromatic N) is 1. The molecule has 0 saturated heterocycles. The van der Waals surface area contributed by atoms with Gasteiger partial charge in [0.05, 0.1) is 0 Å². The van der Waals surface area contributed by atoms with Crippen LogP contribution in [0.15, 0.2) is 29.4 Å². The third-order valence-electron chi connectivity index (χ3n) is 1.99. The molecule has 0 aliphatic rings. The van der Waals surface area contributed by atoms with E-state index in [1.165, 1.54) is 0 Å². The van der Waals surface area contributed by atoms with E-state index in [9.17, 15) is 4.79 Å². The molecule has 0 saturated carbocycles. The standard InChI is InChI=1S/C12H16N2O2/c1-8(2)16-14-11(12(13)15)10-7-5-4-6-9(10)3/h4-8H,1-3H3,(H2,13,15)/b14-11-. The van der Waals surface area contributed by atoms with E-state index in [1.54, 1.807) is 6.07 Å². The second kappa shape index (κ2) is 5.30. The molecule has 1 aromatic rings. The van der Waals surface area contributed by atoms with Crippen molar-refractivity contribution in [2.75, 3.05) is 0 Å². The number of hydrogen-bond acceptors (Lipinski definition) is 3. The molecule has 0 fully saturated rings. The lowest BCUT2D eigenvalue weighted by Crippen LogP contribution is -2.25. The van der Waals surface area contributed by atoms with Crippen LogP contribution in [-0.4, -0.2) is 17.7 Å². The Kier molecular flexibility index (Phi) is 4.05. The molecule has 1 aromatic carbocycles. The molecule has 16 heavy (non-hydrogen) atoms. The molecule has 0 unspecified atom stereocenters. The van der Waals surface area contributed by atoms with Crippen molar-refractivity contribution in [1.29, 1.82) is 0 Å². The fourth-order valence-corrected chi connectivity index (χ4v) is 1.22. The molecule has 0 spiro atoms. The van der Waals surface area contributed by atoms with E-state index >= 15 is 0 Å². The summed E-state index contributed by atoms with van der Waals surface area (Å²) < 4.78 is 0. The summed E-state index contributed by atoms with van der Waals surface area (Å²) in [4.78, 5) is 16.3. The van der Waals surface area contributed by atoms with Gasteiger partial charge in [-0.2, -0.15) is 0 Å². The maximum absolute atomic E-state index is 11.3. The summed E-state index contributed by atoms with van der Waals surface area (Å²) in [5.74, 6) is -0.588. The van der Waals surface area contributed by atoms with Crippen molar-refractivity contribution in [3.8, 4) is 0 Å². The number of carbonyl (C=O) groups is 1. The first-order valence-electron chi connectivity index (χ1n) is 5.12. The fourth-order valence-electron chi connectivity index (χ4n) is 1.22. The smallest absolute Gasteiger partial charge is 0.271 e. The Labute approximate surface area is 95.1 Å². The molecule has 0 atom stereocenters. The van der Waals surface area contributed by atoms with Crippen LogP contribution < -0.4 is 5.73 Å². The summed E-state index contributed by atoms with van der Waals surface area (Å²) >= 11 is 0. The Morgan fingerprint density at radius 3 is 2.50 bits per heavy atom. The van der Waals surface area contributed by atoms with Gasteiger partial charge in [0.1, 0.15) is 6.10 Å². The van der Waals surface area contributed by atoms with Gasteiger partial charge in [-0.05, 0) is 26.3 Å². The Bertz CT molecular complexity index is 411. The molecule has 0 aromatic heterocycles. The molecule has 0 aliphatic carbocycles. The van der Waals surface area contributed by atoms with Gasteiger partial charge in [0.2, 0.25) is 0 Å². The lowest BCUT2D eigenvalue weighted by atomic mass is 10.0. The van der Waals surface area contributed by atoms with Crippen LogP contribution in [0.5, 0.6) is 0 Å². The van der Waals surface area contributed by atoms with Crippen LogP contribution in [0.3, 0.4) is 0 Å². The fraction of sp³-hybridized carbons (Fsp3) is 0.333. The van der Waals surface area contributed by atoms with E-state index < -0.39 is 5.91 Å². The molecule has 0 bridgehead atoms. The van der Waals surface area contributed by atoms with E-state index in [0.717, 1.165) is 5.56 Å². The summed E-state index contributed by atoms with van der Waals surface area (Å²) in [6.45, 7) is 5.56. The van der Waals surface area contributed by atoms with Crippen molar-refractivity contribution < 1.29 is 9.63 Å². The second-order valence-corrected chi connectivity index (χ2v) is 3.77. The third kappa shape index (κ3) is 3.08. The van der Waals surface area contributed by atoms with Crippen LogP contribution in [0.4, 0.5) is 0 Å². The van der Waals surface area contributed by atoms with Gasteiger partial charge in [0.15, 0.2) is 5.71 Å². The van der Waals surface area contributed by atoms with Crippen molar-refractivity contribution in [2.24, 2.45) is 10.9 Å². The normalized spacial score (nSPS) is 11.6. The minimum atomic E-state index is -0.588. The lowest BCUT2D eigenvalue weighted by molar-refractivity contribution is -0.112. The minimum Gasteiger partial charge on any atom is -0.392 e. The number of nitrogens with two attached hydrogens (primary N) is 1. The van der Waals surface area contributed by atoms with E-state index in [4.69, 9.17) is 10.6 Å². The summed E-state index contributed by atoms with van der Waals surface area (Å²) in [6, 6.07) is 7.41. The quantitative estimate of drug-likeness (QED) is 0.618. The Morgan fingerprint density at radius 1 is 1.38 bits per heavy atom. The molecule has 86 valence electrons. The van der Waals surface area contributed by atoms with Crippen molar-refractivity contribution >= 4 is 11.6 Å². The molecular weight excluding hydrogens is 204 g/mol. The van der Waals surface area contributed by atoms with Gasteiger partial charge in [-0.25, -0.2) is 0 Å².